The monoisotopic (exact) mass is 536 g/mol. The largest absolute Gasteiger partial charge is 0.454 e. The van der Waals surface area contributed by atoms with Gasteiger partial charge in [0.05, 0.1) is 4.91 Å². The lowest BCUT2D eigenvalue weighted by Gasteiger charge is -2.29. The molecule has 2 aromatic rings. The van der Waals surface area contributed by atoms with Gasteiger partial charge in [0.15, 0.2) is 11.5 Å². The second kappa shape index (κ2) is 10.6. The second-order valence-corrected chi connectivity index (χ2v) is 11.0. The zero-order chi connectivity index (χ0) is 26.1. The van der Waals surface area contributed by atoms with Gasteiger partial charge >= 0.3 is 0 Å². The van der Waals surface area contributed by atoms with Crippen LogP contribution in [0.3, 0.4) is 0 Å². The summed E-state index contributed by atoms with van der Waals surface area (Å²) >= 11 is 6.90. The topological polar surface area (TPSA) is 96.6 Å². The number of carbonyl (C=O) groups excluding carboxylic acids is 1. The molecule has 1 saturated carbocycles. The highest BCUT2D eigenvalue weighted by Gasteiger charge is 2.38. The lowest BCUT2D eigenvalue weighted by molar-refractivity contribution is -0.124. The Hall–Kier alpha value is -3.29. The molecule has 3 heterocycles. The Morgan fingerprint density at radius 1 is 1.22 bits per heavy atom. The van der Waals surface area contributed by atoms with Gasteiger partial charge in [0.2, 0.25) is 6.79 Å². The summed E-state index contributed by atoms with van der Waals surface area (Å²) in [5, 5.41) is 13.2. The van der Waals surface area contributed by atoms with E-state index in [1.807, 2.05) is 25.1 Å². The van der Waals surface area contributed by atoms with Crippen LogP contribution >= 0.6 is 24.0 Å². The Morgan fingerprint density at radius 3 is 2.70 bits per heavy atom. The van der Waals surface area contributed by atoms with Gasteiger partial charge in [-0.25, -0.2) is 0 Å². The summed E-state index contributed by atoms with van der Waals surface area (Å²) in [6, 6.07) is 7.88. The molecule has 3 aliphatic rings. The van der Waals surface area contributed by atoms with Gasteiger partial charge in [-0.1, -0.05) is 49.3 Å². The fraction of sp³-hybridized carbons (Fsp3) is 0.407. The van der Waals surface area contributed by atoms with Gasteiger partial charge in [-0.3, -0.25) is 19.1 Å². The molecular weight excluding hydrogens is 508 g/mol. The molecule has 192 valence electrons. The van der Waals surface area contributed by atoms with Crippen molar-refractivity contribution in [3.63, 3.8) is 0 Å². The number of rotatable bonds is 6. The number of hydrogen-bond donors (Lipinski definition) is 1. The van der Waals surface area contributed by atoms with Crippen molar-refractivity contribution in [3.8, 4) is 17.6 Å². The van der Waals surface area contributed by atoms with E-state index in [2.05, 4.69) is 11.4 Å². The van der Waals surface area contributed by atoms with Crippen LogP contribution in [0.5, 0.6) is 11.5 Å². The molecular formula is C27H28N4O4S2. The molecule has 0 atom stereocenters. The van der Waals surface area contributed by atoms with Crippen LogP contribution in [0.4, 0.5) is 5.82 Å². The molecule has 37 heavy (non-hydrogen) atoms. The lowest BCUT2D eigenvalue weighted by atomic mass is 9.94. The number of hydrogen-bond acceptors (Lipinski definition) is 8. The summed E-state index contributed by atoms with van der Waals surface area (Å²) in [7, 11) is 0. The Kier molecular flexibility index (Phi) is 7.26. The molecule has 1 N–H and O–H groups in total. The van der Waals surface area contributed by atoms with Gasteiger partial charge in [-0.2, -0.15) is 5.26 Å². The minimum atomic E-state index is -0.359. The summed E-state index contributed by atoms with van der Waals surface area (Å²) < 4.78 is 13.0. The van der Waals surface area contributed by atoms with E-state index in [0.717, 1.165) is 31.2 Å². The van der Waals surface area contributed by atoms with Gasteiger partial charge in [0.1, 0.15) is 21.8 Å². The molecule has 10 heteroatoms. The molecule has 1 aromatic heterocycles. The normalized spacial score (nSPS) is 18.5. The molecule has 5 rings (SSSR count). The quantitative estimate of drug-likeness (QED) is 0.410. The summed E-state index contributed by atoms with van der Waals surface area (Å²) in [6.07, 6.45) is 7.09. The van der Waals surface area contributed by atoms with E-state index < -0.39 is 0 Å². The fourth-order valence-electron chi connectivity index (χ4n) is 5.16. The smallest absolute Gasteiger partial charge is 0.270 e. The fourth-order valence-corrected chi connectivity index (χ4v) is 6.54. The third-order valence-corrected chi connectivity index (χ3v) is 8.46. The molecule has 1 aromatic carbocycles. The first-order valence-corrected chi connectivity index (χ1v) is 13.7. The van der Waals surface area contributed by atoms with Crippen LogP contribution in [0.25, 0.3) is 6.08 Å². The van der Waals surface area contributed by atoms with Crippen LogP contribution in [0.1, 0.15) is 61.3 Å². The average Bonchev–Trinajstić information content (AvgIpc) is 3.48. The minimum absolute atomic E-state index is 0.0736. The van der Waals surface area contributed by atoms with Gasteiger partial charge in [0, 0.05) is 24.7 Å². The summed E-state index contributed by atoms with van der Waals surface area (Å²) in [5.41, 5.74) is 1.83. The van der Waals surface area contributed by atoms with Gasteiger partial charge < -0.3 is 14.8 Å². The SMILES string of the molecule is CCn1c(NCc2ccc3c(c2)OCO3)c(/C=C2/SC(=S)N(C3CCCCC3)C2=O)c(C)c(C#N)c1=O. The standard InChI is InChI=1S/C27H28N4O4S2/c1-3-30-24(29-14-17-9-10-21-22(11-17)35-15-34-21)19(16(2)20(13-28)25(30)32)12-23-26(33)31(27(36)37-23)18-7-5-4-6-8-18/h9-12,18,29H,3-8,14-15H2,1-2H3/b23-12+. The van der Waals surface area contributed by atoms with E-state index in [0.29, 0.717) is 50.8 Å². The predicted molar refractivity (Wildman–Crippen MR) is 148 cm³/mol. The molecule has 1 saturated heterocycles. The Bertz CT molecular complexity index is 1400. The number of nitrogens with zero attached hydrogens (tertiary/aromatic N) is 3. The Balaban J connectivity index is 1.53. The molecule has 2 aliphatic heterocycles. The zero-order valence-electron chi connectivity index (χ0n) is 20.8. The van der Waals surface area contributed by atoms with Crippen LogP contribution in [-0.4, -0.2) is 32.5 Å². The maximum Gasteiger partial charge on any atom is 0.270 e. The van der Waals surface area contributed by atoms with Crippen molar-refractivity contribution < 1.29 is 14.3 Å². The van der Waals surface area contributed by atoms with Gasteiger partial charge in [0.25, 0.3) is 11.5 Å². The lowest BCUT2D eigenvalue weighted by Crippen LogP contribution is -2.39. The van der Waals surface area contributed by atoms with E-state index >= 15 is 0 Å². The number of thioether (sulfide) groups is 1. The molecule has 0 radical (unpaired) electrons. The summed E-state index contributed by atoms with van der Waals surface area (Å²) in [4.78, 5) is 28.9. The number of nitrogens with one attached hydrogen (secondary N) is 1. The minimum Gasteiger partial charge on any atom is -0.454 e. The van der Waals surface area contributed by atoms with Crippen LogP contribution in [-0.2, 0) is 17.9 Å². The molecule has 8 nitrogen and oxygen atoms in total. The van der Waals surface area contributed by atoms with E-state index in [1.165, 1.54) is 18.2 Å². The predicted octanol–water partition coefficient (Wildman–Crippen LogP) is 4.92. The Labute approximate surface area is 225 Å². The zero-order valence-corrected chi connectivity index (χ0v) is 22.5. The number of nitriles is 1. The van der Waals surface area contributed by atoms with Crippen molar-refractivity contribution in [2.45, 2.75) is 65.1 Å². The highest BCUT2D eigenvalue weighted by atomic mass is 32.2. The van der Waals surface area contributed by atoms with Crippen LogP contribution in [0, 0.1) is 18.3 Å². The average molecular weight is 537 g/mol. The first-order chi connectivity index (χ1) is 17.9. The number of aromatic nitrogens is 1. The van der Waals surface area contributed by atoms with Crippen molar-refractivity contribution in [1.29, 1.82) is 5.26 Å². The first kappa shape index (κ1) is 25.4. The maximum absolute atomic E-state index is 13.5. The molecule has 0 bridgehead atoms. The molecule has 0 unspecified atom stereocenters. The van der Waals surface area contributed by atoms with Crippen molar-refractivity contribution in [2.75, 3.05) is 12.1 Å². The third-order valence-electron chi connectivity index (χ3n) is 7.13. The molecule has 0 spiro atoms. The van der Waals surface area contributed by atoms with Gasteiger partial charge in [-0.15, -0.1) is 0 Å². The van der Waals surface area contributed by atoms with E-state index in [9.17, 15) is 14.9 Å². The van der Waals surface area contributed by atoms with Gasteiger partial charge in [-0.05, 0) is 56.0 Å². The highest BCUT2D eigenvalue weighted by molar-refractivity contribution is 8.26. The van der Waals surface area contributed by atoms with Crippen molar-refractivity contribution in [1.82, 2.24) is 9.47 Å². The number of carbonyl (C=O) groups is 1. The van der Waals surface area contributed by atoms with Crippen LogP contribution < -0.4 is 20.3 Å². The Morgan fingerprint density at radius 2 is 1.97 bits per heavy atom. The summed E-state index contributed by atoms with van der Waals surface area (Å²) in [6.45, 7) is 4.57. The van der Waals surface area contributed by atoms with E-state index in [4.69, 9.17) is 21.7 Å². The number of amides is 1. The molecule has 2 fully saturated rings. The maximum atomic E-state index is 13.5. The first-order valence-electron chi connectivity index (χ1n) is 12.5. The number of pyridine rings is 1. The second-order valence-electron chi connectivity index (χ2n) is 9.31. The third kappa shape index (κ3) is 4.74. The van der Waals surface area contributed by atoms with Crippen LogP contribution in [0.15, 0.2) is 27.9 Å². The molecule has 1 amide bonds. The highest BCUT2D eigenvalue weighted by Crippen LogP contribution is 2.39. The van der Waals surface area contributed by atoms with Crippen molar-refractivity contribution in [3.05, 3.63) is 55.7 Å². The van der Waals surface area contributed by atoms with E-state index in [1.54, 1.807) is 22.5 Å². The number of thiocarbonyl (C=S) groups is 1. The summed E-state index contributed by atoms with van der Waals surface area (Å²) in [5.74, 6) is 1.83. The van der Waals surface area contributed by atoms with Crippen molar-refractivity contribution >= 4 is 46.1 Å². The number of fused-ring (bicyclic) bond motifs is 1. The van der Waals surface area contributed by atoms with E-state index in [-0.39, 0.29) is 29.9 Å². The number of anilines is 1. The van der Waals surface area contributed by atoms with Crippen molar-refractivity contribution in [2.24, 2.45) is 0 Å². The number of benzene rings is 1. The number of ether oxygens (including phenoxy) is 2. The molecule has 1 aliphatic carbocycles. The van der Waals surface area contributed by atoms with Crippen LogP contribution in [0.2, 0.25) is 0 Å².